The predicted octanol–water partition coefficient (Wildman–Crippen LogP) is 3.81. The zero-order valence-corrected chi connectivity index (χ0v) is 18.3. The minimum Gasteiger partial charge on any atom is -0.493 e. The average Bonchev–Trinajstić information content (AvgIpc) is 3.04. The Bertz CT molecular complexity index is 1310. The number of thioether (sulfide) groups is 1. The van der Waals surface area contributed by atoms with Gasteiger partial charge in [0.1, 0.15) is 5.69 Å². The van der Waals surface area contributed by atoms with Gasteiger partial charge in [-0.2, -0.15) is 0 Å². The molecule has 1 aliphatic heterocycles. The lowest BCUT2D eigenvalue weighted by Gasteiger charge is -2.08. The molecule has 31 heavy (non-hydrogen) atoms. The molecule has 0 saturated carbocycles. The number of carbonyl (C=O) groups is 1. The average molecular weight is 452 g/mol. The third kappa shape index (κ3) is 4.23. The number of aromatic nitrogens is 2. The van der Waals surface area contributed by atoms with Crippen molar-refractivity contribution in [1.82, 2.24) is 14.9 Å². The number of H-pyrrole nitrogens is 1. The van der Waals surface area contributed by atoms with Crippen LogP contribution in [0.25, 0.3) is 23.2 Å². The topological polar surface area (TPSA) is 84.5 Å². The maximum atomic E-state index is 12.9. The van der Waals surface area contributed by atoms with Crippen molar-refractivity contribution in [1.29, 1.82) is 0 Å². The fourth-order valence-corrected chi connectivity index (χ4v) is 4.23. The third-order valence-electron chi connectivity index (χ3n) is 4.54. The Balaban J connectivity index is 1.60. The van der Waals surface area contributed by atoms with Gasteiger partial charge in [0, 0.05) is 6.20 Å². The number of hydrogen-bond donors (Lipinski definition) is 1. The number of benzene rings is 2. The summed E-state index contributed by atoms with van der Waals surface area (Å²) < 4.78 is 10.9. The molecular weight excluding hydrogens is 434 g/mol. The summed E-state index contributed by atoms with van der Waals surface area (Å²) >= 11 is 6.53. The van der Waals surface area contributed by atoms with E-state index in [4.69, 9.17) is 21.7 Å². The highest BCUT2D eigenvalue weighted by Gasteiger charge is 2.30. The molecular formula is C22H17N3O4S2. The summed E-state index contributed by atoms with van der Waals surface area (Å²) in [5.74, 6) is 0.884. The van der Waals surface area contributed by atoms with Crippen molar-refractivity contribution in [2.45, 2.75) is 0 Å². The fraction of sp³-hybridized carbons (Fsp3) is 0.0909. The molecule has 1 saturated heterocycles. The molecule has 0 aliphatic carbocycles. The van der Waals surface area contributed by atoms with E-state index < -0.39 is 0 Å². The monoisotopic (exact) mass is 451 g/mol. The van der Waals surface area contributed by atoms with Crippen molar-refractivity contribution >= 4 is 57.4 Å². The molecule has 0 bridgehead atoms. The number of para-hydroxylation sites is 2. The van der Waals surface area contributed by atoms with Gasteiger partial charge in [-0.1, -0.05) is 42.2 Å². The summed E-state index contributed by atoms with van der Waals surface area (Å²) in [7, 11) is 3.11. The lowest BCUT2D eigenvalue weighted by atomic mass is 10.2. The number of rotatable bonds is 5. The van der Waals surface area contributed by atoms with Crippen LogP contribution in [0.4, 0.5) is 0 Å². The Morgan fingerprint density at radius 2 is 1.87 bits per heavy atom. The lowest BCUT2D eigenvalue weighted by Crippen LogP contribution is -2.22. The molecule has 1 amide bonds. The quantitative estimate of drug-likeness (QED) is 0.466. The molecule has 2 aromatic carbocycles. The number of methoxy groups -OCH3 is 2. The van der Waals surface area contributed by atoms with Gasteiger partial charge in [0.25, 0.3) is 11.5 Å². The van der Waals surface area contributed by atoms with Crippen molar-refractivity contribution < 1.29 is 14.3 Å². The Hall–Kier alpha value is -3.43. The zero-order valence-electron chi connectivity index (χ0n) is 16.6. The maximum Gasteiger partial charge on any atom is 0.274 e. The van der Waals surface area contributed by atoms with Crippen molar-refractivity contribution in [2.24, 2.45) is 0 Å². The van der Waals surface area contributed by atoms with Crippen LogP contribution in [0.1, 0.15) is 11.3 Å². The van der Waals surface area contributed by atoms with Gasteiger partial charge in [0.05, 0.1) is 30.2 Å². The van der Waals surface area contributed by atoms with Gasteiger partial charge in [0.2, 0.25) is 0 Å². The van der Waals surface area contributed by atoms with E-state index in [2.05, 4.69) is 9.97 Å². The fourth-order valence-electron chi connectivity index (χ4n) is 3.00. The van der Waals surface area contributed by atoms with E-state index in [0.29, 0.717) is 31.8 Å². The van der Waals surface area contributed by atoms with Crippen LogP contribution >= 0.6 is 24.0 Å². The van der Waals surface area contributed by atoms with Crippen LogP contribution in [0.2, 0.25) is 0 Å². The number of fused-ring (bicyclic) bond motifs is 1. The Morgan fingerprint density at radius 3 is 2.65 bits per heavy atom. The Labute approximate surface area is 187 Å². The lowest BCUT2D eigenvalue weighted by molar-refractivity contribution is -0.120. The van der Waals surface area contributed by atoms with Gasteiger partial charge in [-0.3, -0.25) is 14.5 Å². The molecule has 1 fully saturated rings. The first kappa shape index (κ1) is 20.8. The van der Waals surface area contributed by atoms with Crippen LogP contribution < -0.4 is 15.0 Å². The molecule has 0 unspecified atom stereocenters. The van der Waals surface area contributed by atoms with Crippen LogP contribution in [-0.4, -0.2) is 39.3 Å². The minimum atomic E-state index is -0.346. The summed E-state index contributed by atoms with van der Waals surface area (Å²) in [6, 6.07) is 12.6. The van der Waals surface area contributed by atoms with Crippen LogP contribution in [0.3, 0.4) is 0 Å². The zero-order chi connectivity index (χ0) is 22.0. The molecule has 2 heterocycles. The van der Waals surface area contributed by atoms with E-state index >= 15 is 0 Å². The van der Waals surface area contributed by atoms with E-state index in [1.165, 1.54) is 28.9 Å². The normalized spacial score (nSPS) is 15.4. The highest BCUT2D eigenvalue weighted by molar-refractivity contribution is 8.26. The SMILES string of the molecule is COc1ccc(/C=C2/SC(=S)N(/C=C/c3nc4ccccc4[nH]c3=O)C2=O)cc1OC. The van der Waals surface area contributed by atoms with Gasteiger partial charge in [-0.15, -0.1) is 0 Å². The van der Waals surface area contributed by atoms with Gasteiger partial charge < -0.3 is 14.5 Å². The number of aromatic amines is 1. The third-order valence-corrected chi connectivity index (χ3v) is 5.87. The summed E-state index contributed by atoms with van der Waals surface area (Å²) in [5.41, 5.74) is 1.92. The summed E-state index contributed by atoms with van der Waals surface area (Å²) in [6.07, 6.45) is 4.69. The molecule has 7 nitrogen and oxygen atoms in total. The number of nitrogens with one attached hydrogen (secondary N) is 1. The molecule has 1 aliphatic rings. The van der Waals surface area contributed by atoms with E-state index in [1.807, 2.05) is 18.2 Å². The first-order chi connectivity index (χ1) is 15.0. The molecule has 3 aromatic rings. The van der Waals surface area contributed by atoms with E-state index in [1.54, 1.807) is 44.6 Å². The first-order valence-electron chi connectivity index (χ1n) is 9.16. The van der Waals surface area contributed by atoms with Gasteiger partial charge in [-0.25, -0.2) is 4.98 Å². The van der Waals surface area contributed by atoms with Crippen molar-refractivity contribution in [3.05, 3.63) is 75.2 Å². The molecule has 4 rings (SSSR count). The van der Waals surface area contributed by atoms with E-state index in [9.17, 15) is 9.59 Å². The number of ether oxygens (including phenoxy) is 2. The molecule has 0 radical (unpaired) electrons. The second kappa shape index (κ2) is 8.75. The molecule has 1 N–H and O–H groups in total. The van der Waals surface area contributed by atoms with Crippen LogP contribution in [0.15, 0.2) is 58.4 Å². The Morgan fingerprint density at radius 1 is 1.10 bits per heavy atom. The smallest absolute Gasteiger partial charge is 0.274 e. The van der Waals surface area contributed by atoms with Crippen molar-refractivity contribution in [3.63, 3.8) is 0 Å². The largest absolute Gasteiger partial charge is 0.493 e. The van der Waals surface area contributed by atoms with Crippen LogP contribution in [0, 0.1) is 0 Å². The molecule has 156 valence electrons. The molecule has 0 atom stereocenters. The second-order valence-electron chi connectivity index (χ2n) is 6.45. The second-order valence-corrected chi connectivity index (χ2v) is 8.13. The summed E-state index contributed by atoms with van der Waals surface area (Å²) in [4.78, 5) is 34.0. The molecule has 9 heteroatoms. The summed E-state index contributed by atoms with van der Waals surface area (Å²) in [5, 5.41) is 0. The molecule has 0 spiro atoms. The Kier molecular flexibility index (Phi) is 5.88. The number of carbonyl (C=O) groups excluding carboxylic acids is 1. The van der Waals surface area contributed by atoms with Crippen molar-refractivity contribution in [3.8, 4) is 11.5 Å². The highest BCUT2D eigenvalue weighted by Crippen LogP contribution is 2.35. The van der Waals surface area contributed by atoms with E-state index in [0.717, 1.165) is 5.56 Å². The minimum absolute atomic E-state index is 0.191. The van der Waals surface area contributed by atoms with Crippen LogP contribution in [0.5, 0.6) is 11.5 Å². The summed E-state index contributed by atoms with van der Waals surface area (Å²) in [6.45, 7) is 0. The van der Waals surface area contributed by atoms with Gasteiger partial charge in [0.15, 0.2) is 15.8 Å². The van der Waals surface area contributed by atoms with Gasteiger partial charge in [-0.05, 0) is 42.0 Å². The molecule has 1 aromatic heterocycles. The first-order valence-corrected chi connectivity index (χ1v) is 10.4. The van der Waals surface area contributed by atoms with Crippen molar-refractivity contribution in [2.75, 3.05) is 14.2 Å². The standard InChI is InChI=1S/C22H17N3O4S2/c1-28-17-8-7-13(11-18(17)29-2)12-19-21(27)25(22(30)31-19)10-9-16-20(26)24-15-6-4-3-5-14(15)23-16/h3-12H,1-2H3,(H,24,26)/b10-9+,19-12+. The number of thiocarbonyl (C=S) groups is 1. The maximum absolute atomic E-state index is 12.9. The number of hydrogen-bond acceptors (Lipinski definition) is 7. The number of amides is 1. The predicted molar refractivity (Wildman–Crippen MR) is 126 cm³/mol. The van der Waals surface area contributed by atoms with Crippen LogP contribution in [-0.2, 0) is 4.79 Å². The van der Waals surface area contributed by atoms with Gasteiger partial charge >= 0.3 is 0 Å². The number of nitrogens with zero attached hydrogens (tertiary/aromatic N) is 2. The van der Waals surface area contributed by atoms with E-state index in [-0.39, 0.29) is 17.2 Å². The highest BCUT2D eigenvalue weighted by atomic mass is 32.2.